The molecule has 20 heavy (non-hydrogen) atoms. The summed E-state index contributed by atoms with van der Waals surface area (Å²) in [6.07, 6.45) is 2.67. The average molecular weight is 290 g/mol. The Kier molecular flexibility index (Phi) is 3.49. The second-order valence-corrected chi connectivity index (χ2v) is 5.75. The van der Waals surface area contributed by atoms with E-state index in [9.17, 15) is 4.79 Å². The minimum atomic E-state index is 0.0883. The van der Waals surface area contributed by atoms with Gasteiger partial charge >= 0.3 is 0 Å². The number of anilines is 1. The van der Waals surface area contributed by atoms with E-state index in [4.69, 9.17) is 11.6 Å². The highest BCUT2D eigenvalue weighted by Gasteiger charge is 2.39. The number of hydrogen-bond donors (Lipinski definition) is 1. The molecule has 0 bridgehead atoms. The van der Waals surface area contributed by atoms with Crippen molar-refractivity contribution in [3.63, 3.8) is 0 Å². The maximum Gasteiger partial charge on any atom is 0.228 e. The molecule has 2 unspecified atom stereocenters. The van der Waals surface area contributed by atoms with Gasteiger partial charge in [-0.25, -0.2) is 4.68 Å². The fourth-order valence-corrected chi connectivity index (χ4v) is 2.49. The number of halogens is 1. The lowest BCUT2D eigenvalue weighted by Gasteiger charge is -2.09. The zero-order chi connectivity index (χ0) is 14.1. The third-order valence-corrected chi connectivity index (χ3v) is 3.87. The zero-order valence-electron chi connectivity index (χ0n) is 11.2. The van der Waals surface area contributed by atoms with Crippen LogP contribution in [0.2, 0.25) is 5.02 Å². The molecule has 1 amide bonds. The molecule has 104 valence electrons. The number of rotatable bonds is 4. The molecule has 0 radical (unpaired) electrons. The van der Waals surface area contributed by atoms with E-state index < -0.39 is 0 Å². The number of benzene rings is 1. The van der Waals surface area contributed by atoms with Crippen LogP contribution in [0.4, 0.5) is 5.82 Å². The summed E-state index contributed by atoms with van der Waals surface area (Å²) in [4.78, 5) is 12.0. The van der Waals surface area contributed by atoms with Gasteiger partial charge < -0.3 is 5.32 Å². The number of carbonyl (C=O) groups is 1. The van der Waals surface area contributed by atoms with Gasteiger partial charge in [-0.05, 0) is 30.0 Å². The van der Waals surface area contributed by atoms with E-state index >= 15 is 0 Å². The first-order valence-electron chi connectivity index (χ1n) is 6.70. The van der Waals surface area contributed by atoms with E-state index in [-0.39, 0.29) is 11.8 Å². The Morgan fingerprint density at radius 1 is 1.50 bits per heavy atom. The topological polar surface area (TPSA) is 46.9 Å². The van der Waals surface area contributed by atoms with Crippen molar-refractivity contribution in [2.75, 3.05) is 5.32 Å². The number of hydrogen-bond acceptors (Lipinski definition) is 2. The van der Waals surface area contributed by atoms with Crippen LogP contribution in [0.15, 0.2) is 36.5 Å². The summed E-state index contributed by atoms with van der Waals surface area (Å²) >= 11 is 5.98. The van der Waals surface area contributed by atoms with Gasteiger partial charge in [0.05, 0.1) is 12.7 Å². The summed E-state index contributed by atoms with van der Waals surface area (Å²) in [5.74, 6) is 1.48. The second kappa shape index (κ2) is 5.29. The average Bonchev–Trinajstić information content (AvgIpc) is 2.99. The lowest BCUT2D eigenvalue weighted by Crippen LogP contribution is -2.18. The summed E-state index contributed by atoms with van der Waals surface area (Å²) in [7, 11) is 0. The van der Waals surface area contributed by atoms with Gasteiger partial charge in [-0.1, -0.05) is 30.7 Å². The molecule has 2 atom stereocenters. The van der Waals surface area contributed by atoms with Gasteiger partial charge in [0.15, 0.2) is 0 Å². The summed E-state index contributed by atoms with van der Waals surface area (Å²) in [6.45, 7) is 2.68. The molecule has 1 saturated carbocycles. The molecule has 1 aliphatic rings. The van der Waals surface area contributed by atoms with Crippen molar-refractivity contribution in [2.24, 2.45) is 11.8 Å². The molecule has 4 nitrogen and oxygen atoms in total. The molecule has 1 heterocycles. The quantitative estimate of drug-likeness (QED) is 0.940. The molecule has 2 aromatic rings. The van der Waals surface area contributed by atoms with Crippen LogP contribution >= 0.6 is 11.6 Å². The Hall–Kier alpha value is -1.81. The third kappa shape index (κ3) is 2.85. The number of nitrogens with one attached hydrogen (secondary N) is 1. The SMILES string of the molecule is CC1CC1C(=O)Nc1ccnn1Cc1cccc(Cl)c1. The zero-order valence-corrected chi connectivity index (χ0v) is 12.0. The molecular formula is C15H16ClN3O. The highest BCUT2D eigenvalue weighted by atomic mass is 35.5. The molecule has 3 rings (SSSR count). The van der Waals surface area contributed by atoms with Gasteiger partial charge in [-0.15, -0.1) is 0 Å². The second-order valence-electron chi connectivity index (χ2n) is 5.31. The Morgan fingerprint density at radius 3 is 3.00 bits per heavy atom. The van der Waals surface area contributed by atoms with E-state index in [0.29, 0.717) is 17.5 Å². The van der Waals surface area contributed by atoms with E-state index in [0.717, 1.165) is 17.8 Å². The van der Waals surface area contributed by atoms with Crippen molar-refractivity contribution in [1.29, 1.82) is 0 Å². The highest BCUT2D eigenvalue weighted by Crippen LogP contribution is 2.38. The molecule has 0 saturated heterocycles. The highest BCUT2D eigenvalue weighted by molar-refractivity contribution is 6.30. The summed E-state index contributed by atoms with van der Waals surface area (Å²) in [5.41, 5.74) is 1.05. The van der Waals surface area contributed by atoms with Crippen molar-refractivity contribution < 1.29 is 4.79 Å². The minimum Gasteiger partial charge on any atom is -0.311 e. The fourth-order valence-electron chi connectivity index (χ4n) is 2.28. The van der Waals surface area contributed by atoms with E-state index in [2.05, 4.69) is 17.3 Å². The molecule has 5 heteroatoms. The molecular weight excluding hydrogens is 274 g/mol. The van der Waals surface area contributed by atoms with E-state index in [1.165, 1.54) is 0 Å². The fraction of sp³-hybridized carbons (Fsp3) is 0.333. The van der Waals surface area contributed by atoms with Gasteiger partial charge in [0.1, 0.15) is 5.82 Å². The number of carbonyl (C=O) groups excluding carboxylic acids is 1. The summed E-state index contributed by atoms with van der Waals surface area (Å²) < 4.78 is 1.77. The first-order valence-corrected chi connectivity index (χ1v) is 7.08. The van der Waals surface area contributed by atoms with Crippen LogP contribution in [-0.2, 0) is 11.3 Å². The van der Waals surface area contributed by atoms with Crippen LogP contribution in [0.25, 0.3) is 0 Å². The Bertz CT molecular complexity index is 638. The normalized spacial score (nSPS) is 20.7. The van der Waals surface area contributed by atoms with Crippen LogP contribution in [0.3, 0.4) is 0 Å². The first kappa shape index (κ1) is 13.2. The summed E-state index contributed by atoms with van der Waals surface area (Å²) in [6, 6.07) is 9.45. The van der Waals surface area contributed by atoms with Crippen molar-refractivity contribution in [3.8, 4) is 0 Å². The van der Waals surface area contributed by atoms with Crippen LogP contribution in [0, 0.1) is 11.8 Å². The monoisotopic (exact) mass is 289 g/mol. The number of amides is 1. The lowest BCUT2D eigenvalue weighted by atomic mass is 10.2. The van der Waals surface area contributed by atoms with Crippen LogP contribution in [0.1, 0.15) is 18.9 Å². The number of nitrogens with zero attached hydrogens (tertiary/aromatic N) is 2. The molecule has 1 fully saturated rings. The molecule has 1 aromatic carbocycles. The first-order chi connectivity index (χ1) is 9.63. The van der Waals surface area contributed by atoms with Gasteiger partial charge in [0, 0.05) is 17.0 Å². The Morgan fingerprint density at radius 2 is 2.30 bits per heavy atom. The lowest BCUT2D eigenvalue weighted by molar-refractivity contribution is -0.117. The molecule has 0 spiro atoms. The maximum absolute atomic E-state index is 12.0. The van der Waals surface area contributed by atoms with Gasteiger partial charge in [-0.2, -0.15) is 5.10 Å². The molecule has 1 N–H and O–H groups in total. The van der Waals surface area contributed by atoms with E-state index in [1.54, 1.807) is 10.9 Å². The van der Waals surface area contributed by atoms with Crippen LogP contribution < -0.4 is 5.32 Å². The third-order valence-electron chi connectivity index (χ3n) is 3.64. The summed E-state index contributed by atoms with van der Waals surface area (Å²) in [5, 5.41) is 7.90. The largest absolute Gasteiger partial charge is 0.311 e. The smallest absolute Gasteiger partial charge is 0.228 e. The minimum absolute atomic E-state index is 0.0883. The Balaban J connectivity index is 1.71. The molecule has 0 aliphatic heterocycles. The van der Waals surface area contributed by atoms with E-state index in [1.807, 2.05) is 30.3 Å². The number of aromatic nitrogens is 2. The standard InChI is InChI=1S/C15H16ClN3O/c1-10-7-13(10)15(20)18-14-5-6-17-19(14)9-11-3-2-4-12(16)8-11/h2-6,8,10,13H,7,9H2,1H3,(H,18,20). The Labute approximate surface area is 122 Å². The van der Waals surface area contributed by atoms with Gasteiger partial charge in [-0.3, -0.25) is 4.79 Å². The van der Waals surface area contributed by atoms with Gasteiger partial charge in [0.2, 0.25) is 5.91 Å². The predicted octanol–water partition coefficient (Wildman–Crippen LogP) is 3.18. The van der Waals surface area contributed by atoms with Crippen LogP contribution in [0.5, 0.6) is 0 Å². The molecule has 1 aromatic heterocycles. The van der Waals surface area contributed by atoms with Gasteiger partial charge in [0.25, 0.3) is 0 Å². The molecule has 1 aliphatic carbocycles. The van der Waals surface area contributed by atoms with Crippen molar-refractivity contribution >= 4 is 23.3 Å². The van der Waals surface area contributed by atoms with Crippen molar-refractivity contribution in [3.05, 3.63) is 47.1 Å². The van der Waals surface area contributed by atoms with Crippen LogP contribution in [-0.4, -0.2) is 15.7 Å². The maximum atomic E-state index is 12.0. The van der Waals surface area contributed by atoms with Crippen molar-refractivity contribution in [1.82, 2.24) is 9.78 Å². The predicted molar refractivity (Wildman–Crippen MR) is 78.7 cm³/mol. The van der Waals surface area contributed by atoms with Crippen molar-refractivity contribution in [2.45, 2.75) is 19.9 Å².